The van der Waals surface area contributed by atoms with Crippen LogP contribution in [0.25, 0.3) is 0 Å². The third-order valence-electron chi connectivity index (χ3n) is 2.26. The first-order valence-corrected chi connectivity index (χ1v) is 7.66. The highest BCUT2D eigenvalue weighted by molar-refractivity contribution is 7.89. The van der Waals surface area contributed by atoms with Crippen molar-refractivity contribution in [2.45, 2.75) is 46.1 Å². The quantitative estimate of drug-likeness (QED) is 0.677. The summed E-state index contributed by atoms with van der Waals surface area (Å²) in [5, 5.41) is 0. The minimum absolute atomic E-state index is 0.0142. The third kappa shape index (κ3) is 8.05. The number of hydrogen-bond acceptors (Lipinski definition) is 2. The minimum Gasteiger partial charge on any atom is -0.212 e. The molecule has 0 saturated carbocycles. The van der Waals surface area contributed by atoms with Gasteiger partial charge in [0, 0.05) is 11.9 Å². The Kier molecular flexibility index (Phi) is 7.57. The van der Waals surface area contributed by atoms with E-state index in [2.05, 4.69) is 4.72 Å². The molecule has 5 heteroatoms. The molecule has 1 N–H and O–H groups in total. The van der Waals surface area contributed by atoms with Crippen LogP contribution in [0.2, 0.25) is 0 Å². The molecule has 0 aliphatic heterocycles. The van der Waals surface area contributed by atoms with E-state index in [4.69, 9.17) is 11.6 Å². The van der Waals surface area contributed by atoms with E-state index in [9.17, 15) is 8.42 Å². The number of hydrogen-bond donors (Lipinski definition) is 1. The maximum Gasteiger partial charge on any atom is 0.211 e. The van der Waals surface area contributed by atoms with Gasteiger partial charge in [0.05, 0.1) is 5.75 Å². The molecule has 0 aromatic heterocycles. The van der Waals surface area contributed by atoms with E-state index in [1.807, 2.05) is 20.8 Å². The van der Waals surface area contributed by atoms with Crippen molar-refractivity contribution in [2.75, 3.05) is 11.6 Å². The highest BCUT2D eigenvalue weighted by atomic mass is 35.5. The molecule has 0 amide bonds. The molecule has 0 radical (unpaired) electrons. The second kappa shape index (κ2) is 7.47. The van der Waals surface area contributed by atoms with E-state index in [0.717, 1.165) is 6.42 Å². The first-order chi connectivity index (χ1) is 6.91. The van der Waals surface area contributed by atoms with Crippen LogP contribution >= 0.6 is 11.6 Å². The molecular formula is C10H22ClNO2S. The smallest absolute Gasteiger partial charge is 0.211 e. The van der Waals surface area contributed by atoms with Gasteiger partial charge in [0.1, 0.15) is 0 Å². The minimum atomic E-state index is -3.12. The van der Waals surface area contributed by atoms with E-state index in [-0.39, 0.29) is 11.8 Å². The molecule has 92 valence electrons. The lowest BCUT2D eigenvalue weighted by molar-refractivity contribution is 0.522. The van der Waals surface area contributed by atoms with E-state index in [1.54, 1.807) is 0 Å². The predicted octanol–water partition coefficient (Wildman–Crippen LogP) is 2.36. The standard InChI is InChI=1S/C10H22ClNO2S/c1-4-10(5-7-11)12-15(13,14)8-6-9(2)3/h9-10,12H,4-8H2,1-3H3. The fraction of sp³-hybridized carbons (Fsp3) is 1.00. The van der Waals surface area contributed by atoms with Crippen molar-refractivity contribution in [1.82, 2.24) is 4.72 Å². The SMILES string of the molecule is CCC(CCCl)NS(=O)(=O)CCC(C)C. The Morgan fingerprint density at radius 2 is 1.87 bits per heavy atom. The Hall–Kier alpha value is 0.200. The predicted molar refractivity (Wildman–Crippen MR) is 65.8 cm³/mol. The monoisotopic (exact) mass is 255 g/mol. The molecule has 0 spiro atoms. The van der Waals surface area contributed by atoms with Crippen LogP contribution in [0.3, 0.4) is 0 Å². The molecule has 3 nitrogen and oxygen atoms in total. The van der Waals surface area contributed by atoms with Gasteiger partial charge in [-0.3, -0.25) is 0 Å². The largest absolute Gasteiger partial charge is 0.212 e. The summed E-state index contributed by atoms with van der Waals surface area (Å²) in [6, 6.07) is -0.0142. The molecular weight excluding hydrogens is 234 g/mol. The van der Waals surface area contributed by atoms with Crippen LogP contribution in [0.15, 0.2) is 0 Å². The summed E-state index contributed by atoms with van der Waals surface area (Å²) in [6.07, 6.45) is 2.18. The van der Waals surface area contributed by atoms with Crippen molar-refractivity contribution in [3.05, 3.63) is 0 Å². The van der Waals surface area contributed by atoms with Crippen molar-refractivity contribution < 1.29 is 8.42 Å². The second-order valence-electron chi connectivity index (χ2n) is 4.20. The summed E-state index contributed by atoms with van der Waals surface area (Å²) in [7, 11) is -3.12. The maximum absolute atomic E-state index is 11.6. The highest BCUT2D eigenvalue weighted by Crippen LogP contribution is 2.05. The molecule has 15 heavy (non-hydrogen) atoms. The lowest BCUT2D eigenvalue weighted by Gasteiger charge is -2.16. The average Bonchev–Trinajstić information content (AvgIpc) is 2.14. The number of halogens is 1. The van der Waals surface area contributed by atoms with Crippen molar-refractivity contribution in [3.8, 4) is 0 Å². The van der Waals surface area contributed by atoms with Crippen molar-refractivity contribution >= 4 is 21.6 Å². The van der Waals surface area contributed by atoms with Gasteiger partial charge < -0.3 is 0 Å². The average molecular weight is 256 g/mol. The molecule has 0 aromatic carbocycles. The number of nitrogens with one attached hydrogen (secondary N) is 1. The third-order valence-corrected chi connectivity index (χ3v) is 3.94. The van der Waals surface area contributed by atoms with Crippen molar-refractivity contribution in [2.24, 2.45) is 5.92 Å². The fourth-order valence-corrected chi connectivity index (χ4v) is 3.14. The molecule has 1 atom stereocenters. The number of alkyl halides is 1. The molecule has 0 rings (SSSR count). The zero-order valence-electron chi connectivity index (χ0n) is 9.79. The maximum atomic E-state index is 11.6. The molecule has 0 aliphatic carbocycles. The van der Waals surface area contributed by atoms with Crippen LogP contribution in [0, 0.1) is 5.92 Å². The molecule has 0 aliphatic rings. The van der Waals surface area contributed by atoms with Crippen molar-refractivity contribution in [1.29, 1.82) is 0 Å². The topological polar surface area (TPSA) is 46.2 Å². The van der Waals surface area contributed by atoms with E-state index < -0.39 is 10.0 Å². The summed E-state index contributed by atoms with van der Waals surface area (Å²) in [5.41, 5.74) is 0. The Morgan fingerprint density at radius 3 is 2.27 bits per heavy atom. The van der Waals surface area contributed by atoms with Gasteiger partial charge in [0.25, 0.3) is 0 Å². The van der Waals surface area contributed by atoms with E-state index in [1.165, 1.54) is 0 Å². The first-order valence-electron chi connectivity index (χ1n) is 5.47. The van der Waals surface area contributed by atoms with Gasteiger partial charge in [-0.1, -0.05) is 20.8 Å². The number of sulfonamides is 1. The van der Waals surface area contributed by atoms with Gasteiger partial charge in [-0.15, -0.1) is 11.6 Å². The zero-order valence-corrected chi connectivity index (χ0v) is 11.4. The molecule has 0 fully saturated rings. The van der Waals surface area contributed by atoms with Gasteiger partial charge in [-0.05, 0) is 25.2 Å². The van der Waals surface area contributed by atoms with Crippen molar-refractivity contribution in [3.63, 3.8) is 0 Å². The summed E-state index contributed by atoms with van der Waals surface area (Å²) in [4.78, 5) is 0. The Bertz CT molecular complexity index is 252. The van der Waals surface area contributed by atoms with Crippen LogP contribution in [-0.4, -0.2) is 26.1 Å². The van der Waals surface area contributed by atoms with Crippen LogP contribution < -0.4 is 4.72 Å². The van der Waals surface area contributed by atoms with Gasteiger partial charge >= 0.3 is 0 Å². The van der Waals surface area contributed by atoms with Crippen LogP contribution in [0.4, 0.5) is 0 Å². The zero-order chi connectivity index (χ0) is 11.9. The number of rotatable bonds is 8. The second-order valence-corrected chi connectivity index (χ2v) is 6.45. The summed E-state index contributed by atoms with van der Waals surface area (Å²) >= 11 is 5.60. The Balaban J connectivity index is 4.10. The Morgan fingerprint density at radius 1 is 1.27 bits per heavy atom. The lowest BCUT2D eigenvalue weighted by Crippen LogP contribution is -2.36. The fourth-order valence-electron chi connectivity index (χ4n) is 1.18. The summed E-state index contributed by atoms with van der Waals surface area (Å²) in [6.45, 7) is 6.00. The summed E-state index contributed by atoms with van der Waals surface area (Å²) < 4.78 is 25.9. The molecule has 0 bridgehead atoms. The first kappa shape index (κ1) is 15.2. The van der Waals surface area contributed by atoms with Crippen LogP contribution in [0.1, 0.15) is 40.0 Å². The van der Waals surface area contributed by atoms with Gasteiger partial charge in [0.2, 0.25) is 10.0 Å². The van der Waals surface area contributed by atoms with E-state index in [0.29, 0.717) is 24.6 Å². The molecule has 0 aromatic rings. The van der Waals surface area contributed by atoms with Crippen LogP contribution in [0.5, 0.6) is 0 Å². The Labute approximate surface area is 98.6 Å². The van der Waals surface area contributed by atoms with Gasteiger partial charge in [0.15, 0.2) is 0 Å². The van der Waals surface area contributed by atoms with Gasteiger partial charge in [-0.25, -0.2) is 13.1 Å². The normalized spacial score (nSPS) is 14.5. The highest BCUT2D eigenvalue weighted by Gasteiger charge is 2.16. The molecule has 0 saturated heterocycles. The summed E-state index contributed by atoms with van der Waals surface area (Å²) in [5.74, 6) is 1.11. The molecule has 1 unspecified atom stereocenters. The molecule has 0 heterocycles. The lowest BCUT2D eigenvalue weighted by atomic mass is 10.2. The van der Waals surface area contributed by atoms with Crippen LogP contribution in [-0.2, 0) is 10.0 Å². The van der Waals surface area contributed by atoms with Gasteiger partial charge in [-0.2, -0.15) is 0 Å². The van der Waals surface area contributed by atoms with E-state index >= 15 is 0 Å².